The molecule has 0 spiro atoms. The summed E-state index contributed by atoms with van der Waals surface area (Å²) in [6, 6.07) is 0. The predicted octanol–water partition coefficient (Wildman–Crippen LogP) is 1.76. The van der Waals surface area contributed by atoms with Crippen molar-refractivity contribution in [1.82, 2.24) is 10.2 Å². The van der Waals surface area contributed by atoms with E-state index >= 15 is 0 Å². The molecule has 0 aromatic carbocycles. The van der Waals surface area contributed by atoms with E-state index in [1.165, 1.54) is 18.7 Å². The van der Waals surface area contributed by atoms with Gasteiger partial charge in [0, 0.05) is 25.3 Å². The predicted molar refractivity (Wildman–Crippen MR) is 57.6 cm³/mol. The number of allylic oxidation sites excluding steroid dienone is 3. The fourth-order valence-electron chi connectivity index (χ4n) is 1.66. The first-order chi connectivity index (χ1) is 6.38. The van der Waals surface area contributed by atoms with Crippen LogP contribution in [0.2, 0.25) is 0 Å². The van der Waals surface area contributed by atoms with E-state index in [1.54, 1.807) is 0 Å². The first kappa shape index (κ1) is 10.3. The highest BCUT2D eigenvalue weighted by atomic mass is 15.2. The molecule has 0 unspecified atom stereocenters. The normalized spacial score (nSPS) is 20.8. The number of hydrogen-bond acceptors (Lipinski definition) is 2. The maximum absolute atomic E-state index is 3.41. The fourth-order valence-corrected chi connectivity index (χ4v) is 1.66. The number of nitrogens with zero attached hydrogens (tertiary/aromatic N) is 1. The molecular weight excluding hydrogens is 160 g/mol. The third kappa shape index (κ3) is 3.23. The lowest BCUT2D eigenvalue weighted by Gasteiger charge is -2.23. The van der Waals surface area contributed by atoms with Crippen LogP contribution in [0, 0.1) is 0 Å². The Labute approximate surface area is 81.3 Å². The Morgan fingerprint density at radius 2 is 2.08 bits per heavy atom. The van der Waals surface area contributed by atoms with Crippen molar-refractivity contribution in [2.75, 3.05) is 26.2 Å². The summed E-state index contributed by atoms with van der Waals surface area (Å²) < 4.78 is 0. The minimum Gasteiger partial charge on any atom is -0.370 e. The maximum atomic E-state index is 3.41. The fraction of sp³-hybridized carbons (Fsp3) is 0.636. The molecule has 0 saturated carbocycles. The molecule has 1 saturated heterocycles. The molecule has 0 atom stereocenters. The van der Waals surface area contributed by atoms with Crippen LogP contribution in [0.5, 0.6) is 0 Å². The van der Waals surface area contributed by atoms with Crippen molar-refractivity contribution in [1.29, 1.82) is 0 Å². The van der Waals surface area contributed by atoms with Crippen LogP contribution in [0.3, 0.4) is 0 Å². The van der Waals surface area contributed by atoms with Crippen molar-refractivity contribution in [3.63, 3.8) is 0 Å². The van der Waals surface area contributed by atoms with Crippen LogP contribution in [-0.4, -0.2) is 31.1 Å². The third-order valence-electron chi connectivity index (χ3n) is 2.34. The maximum Gasteiger partial charge on any atom is 0.0319 e. The van der Waals surface area contributed by atoms with Crippen LogP contribution in [-0.2, 0) is 0 Å². The highest BCUT2D eigenvalue weighted by molar-refractivity contribution is 5.16. The monoisotopic (exact) mass is 180 g/mol. The summed E-state index contributed by atoms with van der Waals surface area (Å²) >= 11 is 0. The summed E-state index contributed by atoms with van der Waals surface area (Å²) in [4.78, 5) is 2.44. The van der Waals surface area contributed by atoms with Gasteiger partial charge in [-0.3, -0.25) is 0 Å². The Morgan fingerprint density at radius 3 is 2.77 bits per heavy atom. The Kier molecular flexibility index (Phi) is 4.61. The van der Waals surface area contributed by atoms with E-state index in [4.69, 9.17) is 0 Å². The summed E-state index contributed by atoms with van der Waals surface area (Å²) in [6.45, 7) is 8.74. The SMILES string of the molecule is CC=CC(=CC)N1CCCNCC1. The summed E-state index contributed by atoms with van der Waals surface area (Å²) in [5.41, 5.74) is 1.35. The van der Waals surface area contributed by atoms with Gasteiger partial charge in [-0.25, -0.2) is 0 Å². The first-order valence-corrected chi connectivity index (χ1v) is 5.13. The smallest absolute Gasteiger partial charge is 0.0319 e. The lowest BCUT2D eigenvalue weighted by Crippen LogP contribution is -2.26. The second-order valence-electron chi connectivity index (χ2n) is 3.30. The van der Waals surface area contributed by atoms with E-state index in [-0.39, 0.29) is 0 Å². The van der Waals surface area contributed by atoms with Gasteiger partial charge in [0.2, 0.25) is 0 Å². The molecule has 2 nitrogen and oxygen atoms in total. The van der Waals surface area contributed by atoms with Crippen LogP contribution in [0.4, 0.5) is 0 Å². The van der Waals surface area contributed by atoms with Gasteiger partial charge < -0.3 is 10.2 Å². The van der Waals surface area contributed by atoms with E-state index in [1.807, 2.05) is 0 Å². The zero-order valence-corrected chi connectivity index (χ0v) is 8.71. The van der Waals surface area contributed by atoms with Crippen LogP contribution in [0.1, 0.15) is 20.3 Å². The Hall–Kier alpha value is -0.760. The molecule has 0 aliphatic carbocycles. The third-order valence-corrected chi connectivity index (χ3v) is 2.34. The van der Waals surface area contributed by atoms with Crippen molar-refractivity contribution in [3.8, 4) is 0 Å². The van der Waals surface area contributed by atoms with E-state index in [2.05, 4.69) is 42.3 Å². The molecule has 1 N–H and O–H groups in total. The van der Waals surface area contributed by atoms with Crippen LogP contribution in [0.25, 0.3) is 0 Å². The quantitative estimate of drug-likeness (QED) is 0.651. The van der Waals surface area contributed by atoms with Gasteiger partial charge in [-0.1, -0.05) is 12.2 Å². The van der Waals surface area contributed by atoms with E-state index in [0.717, 1.165) is 19.6 Å². The van der Waals surface area contributed by atoms with Gasteiger partial charge in [-0.2, -0.15) is 0 Å². The van der Waals surface area contributed by atoms with Crippen LogP contribution in [0.15, 0.2) is 23.9 Å². The molecule has 13 heavy (non-hydrogen) atoms. The van der Waals surface area contributed by atoms with Crippen LogP contribution < -0.4 is 5.32 Å². The average Bonchev–Trinajstić information content (AvgIpc) is 2.42. The van der Waals surface area contributed by atoms with Crippen molar-refractivity contribution in [2.45, 2.75) is 20.3 Å². The molecule has 0 amide bonds. The first-order valence-electron chi connectivity index (χ1n) is 5.13. The molecule has 1 aliphatic heterocycles. The molecule has 0 radical (unpaired) electrons. The van der Waals surface area contributed by atoms with Gasteiger partial charge in [0.1, 0.15) is 0 Å². The topological polar surface area (TPSA) is 15.3 Å². The number of rotatable bonds is 2. The van der Waals surface area contributed by atoms with Crippen LogP contribution >= 0.6 is 0 Å². The molecule has 0 aromatic heterocycles. The summed E-state index contributed by atoms with van der Waals surface area (Å²) in [5.74, 6) is 0. The zero-order valence-electron chi connectivity index (χ0n) is 8.71. The van der Waals surface area contributed by atoms with E-state index in [9.17, 15) is 0 Å². The summed E-state index contributed by atoms with van der Waals surface area (Å²) in [7, 11) is 0. The summed E-state index contributed by atoms with van der Waals surface area (Å²) in [6.07, 6.45) is 7.72. The minimum absolute atomic E-state index is 1.11. The second-order valence-corrected chi connectivity index (χ2v) is 3.30. The molecule has 0 bridgehead atoms. The highest BCUT2D eigenvalue weighted by Crippen LogP contribution is 2.07. The zero-order chi connectivity index (χ0) is 9.52. The van der Waals surface area contributed by atoms with E-state index in [0.29, 0.717) is 0 Å². The van der Waals surface area contributed by atoms with Gasteiger partial charge in [-0.05, 0) is 32.9 Å². The molecule has 1 aliphatic rings. The Balaban J connectivity index is 2.56. The van der Waals surface area contributed by atoms with E-state index < -0.39 is 0 Å². The molecule has 0 aromatic rings. The van der Waals surface area contributed by atoms with Crippen molar-refractivity contribution < 1.29 is 0 Å². The van der Waals surface area contributed by atoms with Gasteiger partial charge in [0.25, 0.3) is 0 Å². The average molecular weight is 180 g/mol. The van der Waals surface area contributed by atoms with Crippen molar-refractivity contribution in [2.24, 2.45) is 0 Å². The molecule has 74 valence electrons. The van der Waals surface area contributed by atoms with Crippen molar-refractivity contribution in [3.05, 3.63) is 23.9 Å². The number of nitrogens with one attached hydrogen (secondary N) is 1. The Bertz CT molecular complexity index is 186. The number of hydrogen-bond donors (Lipinski definition) is 1. The molecule has 2 heteroatoms. The van der Waals surface area contributed by atoms with Gasteiger partial charge >= 0.3 is 0 Å². The standard InChI is InChI=1S/C11H20N2/c1-3-6-11(4-2)13-9-5-7-12-8-10-13/h3-4,6,12H,5,7-10H2,1-2H3. The second kappa shape index (κ2) is 5.81. The van der Waals surface area contributed by atoms with Gasteiger partial charge in [0.05, 0.1) is 0 Å². The molecule has 1 fully saturated rings. The lowest BCUT2D eigenvalue weighted by atomic mass is 10.3. The van der Waals surface area contributed by atoms with Gasteiger partial charge in [0.15, 0.2) is 0 Å². The largest absolute Gasteiger partial charge is 0.370 e. The molecule has 1 rings (SSSR count). The molecular formula is C11H20N2. The van der Waals surface area contributed by atoms with Gasteiger partial charge in [-0.15, -0.1) is 0 Å². The minimum atomic E-state index is 1.11. The summed E-state index contributed by atoms with van der Waals surface area (Å²) in [5, 5.41) is 3.41. The van der Waals surface area contributed by atoms with Crippen molar-refractivity contribution >= 4 is 0 Å². The Morgan fingerprint density at radius 1 is 1.23 bits per heavy atom. The lowest BCUT2D eigenvalue weighted by molar-refractivity contribution is 0.378. The molecule has 1 heterocycles. The highest BCUT2D eigenvalue weighted by Gasteiger charge is 2.08.